The lowest BCUT2D eigenvalue weighted by Crippen LogP contribution is -2.24. The summed E-state index contributed by atoms with van der Waals surface area (Å²) in [4.78, 5) is 0. The largest absolute Gasteiger partial charge is 0.493 e. The van der Waals surface area contributed by atoms with E-state index in [-0.39, 0.29) is 12.7 Å². The van der Waals surface area contributed by atoms with E-state index < -0.39 is 0 Å². The fraction of sp³-hybridized carbons (Fsp3) is 0.647. The summed E-state index contributed by atoms with van der Waals surface area (Å²) in [6.45, 7) is 2.75. The average molecular weight is 436 g/mol. The minimum absolute atomic E-state index is 0.0102. The Morgan fingerprint density at radius 1 is 1.30 bits per heavy atom. The van der Waals surface area contributed by atoms with Crippen LogP contribution in [0.2, 0.25) is 0 Å². The summed E-state index contributed by atoms with van der Waals surface area (Å²) in [6, 6.07) is 3.70. The van der Waals surface area contributed by atoms with Crippen molar-refractivity contribution < 1.29 is 24.1 Å². The van der Waals surface area contributed by atoms with Crippen molar-refractivity contribution >= 4 is 22.6 Å². The Bertz CT molecular complexity index is 474. The summed E-state index contributed by atoms with van der Waals surface area (Å²) >= 11 is 2.19. The van der Waals surface area contributed by atoms with Gasteiger partial charge in [-0.1, -0.05) is 0 Å². The first kappa shape index (κ1) is 18.8. The van der Waals surface area contributed by atoms with E-state index >= 15 is 0 Å². The SMILES string of the molecule is COc1cc(CO)cc(I)c1OCCCOCC1CCCCO1. The molecule has 1 aromatic carbocycles. The highest BCUT2D eigenvalue weighted by Gasteiger charge is 2.14. The maximum atomic E-state index is 9.23. The molecular formula is C17H25IO5. The topological polar surface area (TPSA) is 57.2 Å². The van der Waals surface area contributed by atoms with Gasteiger partial charge in [-0.05, 0) is 59.5 Å². The van der Waals surface area contributed by atoms with Crippen molar-refractivity contribution in [2.45, 2.75) is 38.4 Å². The summed E-state index contributed by atoms with van der Waals surface area (Å²) in [5.41, 5.74) is 0.814. The molecule has 0 bridgehead atoms. The molecule has 0 saturated carbocycles. The van der Waals surface area contributed by atoms with Gasteiger partial charge in [0.25, 0.3) is 0 Å². The lowest BCUT2D eigenvalue weighted by molar-refractivity contribution is -0.0419. The summed E-state index contributed by atoms with van der Waals surface area (Å²) in [5, 5.41) is 9.23. The van der Waals surface area contributed by atoms with Crippen LogP contribution in [0.3, 0.4) is 0 Å². The van der Waals surface area contributed by atoms with Crippen molar-refractivity contribution in [1.82, 2.24) is 0 Å². The minimum Gasteiger partial charge on any atom is -0.493 e. The van der Waals surface area contributed by atoms with Crippen LogP contribution < -0.4 is 9.47 Å². The smallest absolute Gasteiger partial charge is 0.174 e. The number of halogens is 1. The van der Waals surface area contributed by atoms with E-state index in [4.69, 9.17) is 18.9 Å². The normalized spacial score (nSPS) is 18.0. The van der Waals surface area contributed by atoms with Gasteiger partial charge in [0.15, 0.2) is 11.5 Å². The third kappa shape index (κ3) is 6.10. The minimum atomic E-state index is -0.0102. The van der Waals surface area contributed by atoms with Crippen LogP contribution in [-0.4, -0.2) is 44.7 Å². The highest BCUT2D eigenvalue weighted by Crippen LogP contribution is 2.34. The monoisotopic (exact) mass is 436 g/mol. The second-order valence-electron chi connectivity index (χ2n) is 5.53. The van der Waals surface area contributed by atoms with E-state index in [9.17, 15) is 5.11 Å². The molecule has 0 aliphatic carbocycles. The maximum absolute atomic E-state index is 9.23. The third-order valence-electron chi connectivity index (χ3n) is 3.73. The molecule has 1 atom stereocenters. The van der Waals surface area contributed by atoms with E-state index in [1.165, 1.54) is 12.8 Å². The zero-order valence-electron chi connectivity index (χ0n) is 13.6. The van der Waals surface area contributed by atoms with Crippen molar-refractivity contribution in [1.29, 1.82) is 0 Å². The zero-order valence-corrected chi connectivity index (χ0v) is 15.7. The van der Waals surface area contributed by atoms with Crippen LogP contribution in [0.25, 0.3) is 0 Å². The number of aliphatic hydroxyl groups excluding tert-OH is 1. The van der Waals surface area contributed by atoms with E-state index in [2.05, 4.69) is 22.6 Å². The Labute approximate surface area is 151 Å². The summed E-state index contributed by atoms with van der Waals surface area (Å²) in [5.74, 6) is 1.37. The quantitative estimate of drug-likeness (QED) is 0.476. The lowest BCUT2D eigenvalue weighted by Gasteiger charge is -2.22. The zero-order chi connectivity index (χ0) is 16.5. The first-order valence-electron chi connectivity index (χ1n) is 8.04. The van der Waals surface area contributed by atoms with Crippen LogP contribution >= 0.6 is 22.6 Å². The Morgan fingerprint density at radius 2 is 2.17 bits per heavy atom. The first-order chi connectivity index (χ1) is 11.2. The number of benzene rings is 1. The second-order valence-corrected chi connectivity index (χ2v) is 6.69. The molecule has 130 valence electrons. The number of rotatable bonds is 9. The molecule has 1 aromatic rings. The van der Waals surface area contributed by atoms with Gasteiger partial charge in [0, 0.05) is 19.6 Å². The van der Waals surface area contributed by atoms with Gasteiger partial charge >= 0.3 is 0 Å². The standard InChI is InChI=1S/C17H25IO5/c1-20-16-10-13(11-19)9-15(18)17(16)23-8-4-6-21-12-14-5-2-3-7-22-14/h9-10,14,19H,2-8,11-12H2,1H3. The van der Waals surface area contributed by atoms with Crippen molar-refractivity contribution in [3.05, 3.63) is 21.3 Å². The number of methoxy groups -OCH3 is 1. The third-order valence-corrected chi connectivity index (χ3v) is 4.53. The molecule has 1 N–H and O–H groups in total. The summed E-state index contributed by atoms with van der Waals surface area (Å²) in [6.07, 6.45) is 4.58. The number of hydrogen-bond acceptors (Lipinski definition) is 5. The van der Waals surface area contributed by atoms with Crippen LogP contribution in [-0.2, 0) is 16.1 Å². The molecule has 1 unspecified atom stereocenters. The predicted molar refractivity (Wildman–Crippen MR) is 96.2 cm³/mol. The molecule has 1 fully saturated rings. The molecule has 23 heavy (non-hydrogen) atoms. The van der Waals surface area contributed by atoms with Gasteiger partial charge in [-0.25, -0.2) is 0 Å². The molecule has 0 spiro atoms. The second kappa shape index (κ2) is 10.3. The van der Waals surface area contributed by atoms with Gasteiger partial charge < -0.3 is 24.1 Å². The molecule has 0 radical (unpaired) electrons. The average Bonchev–Trinajstić information content (AvgIpc) is 2.59. The Hall–Kier alpha value is -0.570. The molecule has 5 nitrogen and oxygen atoms in total. The molecule has 0 aromatic heterocycles. The van der Waals surface area contributed by atoms with Crippen molar-refractivity contribution in [3.8, 4) is 11.5 Å². The summed E-state index contributed by atoms with van der Waals surface area (Å²) in [7, 11) is 1.60. The number of hydrogen-bond donors (Lipinski definition) is 1. The molecule has 6 heteroatoms. The Balaban J connectivity index is 1.69. The Morgan fingerprint density at radius 3 is 2.87 bits per heavy atom. The fourth-order valence-corrected chi connectivity index (χ4v) is 3.31. The highest BCUT2D eigenvalue weighted by atomic mass is 127. The highest BCUT2D eigenvalue weighted by molar-refractivity contribution is 14.1. The van der Waals surface area contributed by atoms with Crippen LogP contribution in [0, 0.1) is 3.57 Å². The molecule has 2 rings (SSSR count). The lowest BCUT2D eigenvalue weighted by atomic mass is 10.1. The first-order valence-corrected chi connectivity index (χ1v) is 9.12. The van der Waals surface area contributed by atoms with E-state index in [1.807, 2.05) is 6.07 Å². The van der Waals surface area contributed by atoms with Gasteiger partial charge in [-0.3, -0.25) is 0 Å². The van der Waals surface area contributed by atoms with Gasteiger partial charge in [0.05, 0.1) is 36.6 Å². The van der Waals surface area contributed by atoms with Gasteiger partial charge in [0.1, 0.15) is 0 Å². The molecule has 1 aliphatic rings. The van der Waals surface area contributed by atoms with Gasteiger partial charge in [0.2, 0.25) is 0 Å². The van der Waals surface area contributed by atoms with Crippen LogP contribution in [0.5, 0.6) is 11.5 Å². The van der Waals surface area contributed by atoms with E-state index in [0.717, 1.165) is 34.3 Å². The van der Waals surface area contributed by atoms with Crippen LogP contribution in [0.1, 0.15) is 31.2 Å². The van der Waals surface area contributed by atoms with Gasteiger partial charge in [-0.15, -0.1) is 0 Å². The van der Waals surface area contributed by atoms with Gasteiger partial charge in [-0.2, -0.15) is 0 Å². The summed E-state index contributed by atoms with van der Waals surface area (Å²) < 4.78 is 23.4. The molecule has 0 amide bonds. The number of ether oxygens (including phenoxy) is 4. The van der Waals surface area contributed by atoms with E-state index in [0.29, 0.717) is 25.6 Å². The van der Waals surface area contributed by atoms with Crippen molar-refractivity contribution in [2.24, 2.45) is 0 Å². The molecule has 1 heterocycles. The molecule has 1 aliphatic heterocycles. The molecule has 1 saturated heterocycles. The number of aliphatic hydroxyl groups is 1. The maximum Gasteiger partial charge on any atom is 0.174 e. The van der Waals surface area contributed by atoms with Crippen molar-refractivity contribution in [3.63, 3.8) is 0 Å². The Kier molecular flexibility index (Phi) is 8.43. The molecular weight excluding hydrogens is 411 g/mol. The van der Waals surface area contributed by atoms with Crippen molar-refractivity contribution in [2.75, 3.05) is 33.5 Å². The fourth-order valence-electron chi connectivity index (χ4n) is 2.49. The van der Waals surface area contributed by atoms with E-state index in [1.54, 1.807) is 13.2 Å². The predicted octanol–water partition coefficient (Wildman–Crippen LogP) is 3.15. The van der Waals surface area contributed by atoms with Crippen LogP contribution in [0.4, 0.5) is 0 Å². The van der Waals surface area contributed by atoms with Crippen LogP contribution in [0.15, 0.2) is 12.1 Å².